The van der Waals surface area contributed by atoms with Crippen molar-refractivity contribution in [2.24, 2.45) is 0 Å². The molecule has 3 amide bonds. The summed E-state index contributed by atoms with van der Waals surface area (Å²) in [6, 6.07) is 4.28. The number of amides is 3. The molecule has 178 valence electrons. The molecular weight excluding hydrogens is 440 g/mol. The number of nitrogens with zero attached hydrogens (tertiary/aromatic N) is 2. The number of sulfone groups is 1. The fourth-order valence-electron chi connectivity index (χ4n) is 3.34. The van der Waals surface area contributed by atoms with E-state index in [4.69, 9.17) is 4.74 Å². The molecule has 1 saturated heterocycles. The van der Waals surface area contributed by atoms with Crippen molar-refractivity contribution >= 4 is 27.7 Å². The molecule has 2 N–H and O–H groups in total. The lowest BCUT2D eigenvalue weighted by Crippen LogP contribution is -2.65. The Hall–Kier alpha value is -2.66. The van der Waals surface area contributed by atoms with Gasteiger partial charge in [-0.15, -0.1) is 0 Å². The second-order valence-corrected chi connectivity index (χ2v) is 9.95. The maximum absolute atomic E-state index is 13.2. The predicted octanol–water partition coefficient (Wildman–Crippen LogP) is 1.87. The average molecular weight is 471 g/mol. The molecule has 1 aromatic rings. The van der Waals surface area contributed by atoms with Crippen molar-refractivity contribution < 1.29 is 37.8 Å². The van der Waals surface area contributed by atoms with Crippen molar-refractivity contribution in [1.82, 2.24) is 9.80 Å². The van der Waals surface area contributed by atoms with Gasteiger partial charge in [-0.1, -0.05) is 26.7 Å². The second kappa shape index (κ2) is 10.3. The largest absolute Gasteiger partial charge is 0.494 e. The molecule has 1 aromatic carbocycles. The molecule has 1 aliphatic rings. The van der Waals surface area contributed by atoms with Crippen LogP contribution in [0.3, 0.4) is 0 Å². The van der Waals surface area contributed by atoms with Crippen LogP contribution in [0.25, 0.3) is 0 Å². The number of aliphatic hydroxyl groups is 1. The molecule has 1 heterocycles. The number of aliphatic carboxylic acids is 1. The molecule has 2 atom stereocenters. The highest BCUT2D eigenvalue weighted by Gasteiger charge is 2.60. The zero-order valence-corrected chi connectivity index (χ0v) is 19.3. The van der Waals surface area contributed by atoms with Crippen LogP contribution in [0, 0.1) is 0 Å². The monoisotopic (exact) mass is 470 g/mol. The zero-order valence-electron chi connectivity index (χ0n) is 18.5. The van der Waals surface area contributed by atoms with Gasteiger partial charge in [0.25, 0.3) is 11.6 Å². The first kappa shape index (κ1) is 25.6. The molecule has 32 heavy (non-hydrogen) atoms. The Balaban J connectivity index is 2.35. The number of hydrogen-bond donors (Lipinski definition) is 2. The third-order valence-corrected chi connectivity index (χ3v) is 7.61. The van der Waals surface area contributed by atoms with Gasteiger partial charge in [-0.2, -0.15) is 0 Å². The number of carboxylic acid groups (broad SMARTS) is 1. The lowest BCUT2D eigenvalue weighted by molar-refractivity contribution is -0.179. The van der Waals surface area contributed by atoms with Gasteiger partial charge in [0, 0.05) is 6.54 Å². The van der Waals surface area contributed by atoms with Crippen LogP contribution in [0.15, 0.2) is 29.2 Å². The molecule has 2 rings (SSSR count). The van der Waals surface area contributed by atoms with E-state index in [1.165, 1.54) is 24.3 Å². The number of benzene rings is 1. The van der Waals surface area contributed by atoms with Gasteiger partial charge in [-0.25, -0.2) is 22.9 Å². The van der Waals surface area contributed by atoms with Crippen LogP contribution in [0.5, 0.6) is 5.75 Å². The molecule has 2 unspecified atom stereocenters. The van der Waals surface area contributed by atoms with E-state index in [9.17, 15) is 33.0 Å². The van der Waals surface area contributed by atoms with E-state index in [1.54, 1.807) is 0 Å². The molecular formula is C21H30N2O8S. The van der Waals surface area contributed by atoms with E-state index in [1.807, 2.05) is 13.8 Å². The van der Waals surface area contributed by atoms with Crippen LogP contribution >= 0.6 is 0 Å². The third kappa shape index (κ3) is 4.88. The summed E-state index contributed by atoms with van der Waals surface area (Å²) in [4.78, 5) is 38.2. The maximum atomic E-state index is 13.2. The average Bonchev–Trinajstić information content (AvgIpc) is 3.04. The molecule has 0 bridgehead atoms. The summed E-state index contributed by atoms with van der Waals surface area (Å²) >= 11 is 0. The minimum Gasteiger partial charge on any atom is -0.494 e. The van der Waals surface area contributed by atoms with Crippen molar-refractivity contribution in [2.45, 2.75) is 62.3 Å². The minimum absolute atomic E-state index is 0.148. The predicted molar refractivity (Wildman–Crippen MR) is 115 cm³/mol. The standard InChI is InChI=1S/C21H30N2O8S/c1-4-6-12-22-14-18(24)23(20(22)27)21(28,19(25)26)15(3)32(29,30)17-10-8-16(9-11-17)31-13-7-5-2/h8-11,15,28H,4-7,12-14H2,1-3H3,(H,25,26). The highest BCUT2D eigenvalue weighted by molar-refractivity contribution is 7.92. The van der Waals surface area contributed by atoms with E-state index < -0.39 is 45.3 Å². The summed E-state index contributed by atoms with van der Waals surface area (Å²) in [7, 11) is -4.45. The fraction of sp³-hybridized carbons (Fsp3) is 0.571. The molecule has 0 aromatic heterocycles. The minimum atomic E-state index is -4.45. The fourth-order valence-corrected chi connectivity index (χ4v) is 4.90. The van der Waals surface area contributed by atoms with E-state index in [0.717, 1.165) is 31.1 Å². The highest BCUT2D eigenvalue weighted by Crippen LogP contribution is 2.32. The van der Waals surface area contributed by atoms with Gasteiger partial charge >= 0.3 is 12.0 Å². The molecule has 10 nitrogen and oxygen atoms in total. The highest BCUT2D eigenvalue weighted by atomic mass is 32.2. The SMILES string of the molecule is CCCCOc1ccc(S(=O)(=O)C(C)C(O)(C(=O)O)N2C(=O)CN(CCCC)C2=O)cc1. The van der Waals surface area contributed by atoms with Crippen LogP contribution in [0.1, 0.15) is 46.5 Å². The first-order valence-electron chi connectivity index (χ1n) is 10.6. The smallest absolute Gasteiger partial charge is 0.359 e. The van der Waals surface area contributed by atoms with Crippen LogP contribution in [0.4, 0.5) is 4.79 Å². The maximum Gasteiger partial charge on any atom is 0.359 e. The summed E-state index contributed by atoms with van der Waals surface area (Å²) in [6.07, 6.45) is 3.06. The lowest BCUT2D eigenvalue weighted by atomic mass is 10.1. The van der Waals surface area contributed by atoms with Crippen molar-refractivity contribution in [2.75, 3.05) is 19.7 Å². The van der Waals surface area contributed by atoms with E-state index >= 15 is 0 Å². The number of carbonyl (C=O) groups is 3. The lowest BCUT2D eigenvalue weighted by Gasteiger charge is -2.35. The second-order valence-electron chi connectivity index (χ2n) is 7.68. The van der Waals surface area contributed by atoms with Gasteiger partial charge in [-0.3, -0.25) is 4.79 Å². The number of carboxylic acids is 1. The molecule has 0 saturated carbocycles. The van der Waals surface area contributed by atoms with Gasteiger partial charge in [0.1, 0.15) is 17.5 Å². The first-order chi connectivity index (χ1) is 15.0. The quantitative estimate of drug-likeness (QED) is 0.348. The molecule has 11 heteroatoms. The van der Waals surface area contributed by atoms with Gasteiger partial charge < -0.3 is 19.8 Å². The van der Waals surface area contributed by atoms with E-state index in [-0.39, 0.29) is 16.3 Å². The van der Waals surface area contributed by atoms with Crippen molar-refractivity contribution in [3.05, 3.63) is 24.3 Å². The number of imide groups is 1. The van der Waals surface area contributed by atoms with Gasteiger partial charge in [0.05, 0.1) is 11.5 Å². The number of ether oxygens (including phenoxy) is 1. The van der Waals surface area contributed by atoms with Gasteiger partial charge in [-0.05, 0) is 44.0 Å². The number of hydrogen-bond acceptors (Lipinski definition) is 7. The number of rotatable bonds is 12. The topological polar surface area (TPSA) is 142 Å². The van der Waals surface area contributed by atoms with Crippen molar-refractivity contribution in [3.8, 4) is 5.75 Å². The Morgan fingerprint density at radius 3 is 2.28 bits per heavy atom. The molecule has 0 radical (unpaired) electrons. The van der Waals surface area contributed by atoms with E-state index in [2.05, 4.69) is 0 Å². The zero-order chi connectivity index (χ0) is 24.1. The van der Waals surface area contributed by atoms with Crippen LogP contribution in [-0.4, -0.2) is 77.0 Å². The van der Waals surface area contributed by atoms with Gasteiger partial charge in [0.2, 0.25) is 0 Å². The number of unbranched alkanes of at least 4 members (excludes halogenated alkanes) is 2. The molecule has 1 fully saturated rings. The van der Waals surface area contributed by atoms with Crippen molar-refractivity contribution in [3.63, 3.8) is 0 Å². The summed E-state index contributed by atoms with van der Waals surface area (Å²) in [5.74, 6) is -2.54. The molecule has 0 aliphatic carbocycles. The Labute approximate surface area is 187 Å². The van der Waals surface area contributed by atoms with Crippen LogP contribution in [-0.2, 0) is 19.4 Å². The molecule has 0 spiro atoms. The van der Waals surface area contributed by atoms with Gasteiger partial charge in [0.15, 0.2) is 9.84 Å². The molecule has 1 aliphatic heterocycles. The first-order valence-corrected chi connectivity index (χ1v) is 12.1. The summed E-state index contributed by atoms with van der Waals surface area (Å²) < 4.78 is 31.8. The Morgan fingerprint density at radius 2 is 1.75 bits per heavy atom. The third-order valence-electron chi connectivity index (χ3n) is 5.43. The number of urea groups is 1. The van der Waals surface area contributed by atoms with E-state index in [0.29, 0.717) is 18.8 Å². The summed E-state index contributed by atoms with van der Waals surface area (Å²) in [5, 5.41) is 18.7. The normalized spacial score (nSPS) is 17.4. The summed E-state index contributed by atoms with van der Waals surface area (Å²) in [6.45, 7) is 5.07. The Morgan fingerprint density at radius 1 is 1.16 bits per heavy atom. The number of carbonyl (C=O) groups excluding carboxylic acids is 2. The van der Waals surface area contributed by atoms with Crippen molar-refractivity contribution in [1.29, 1.82) is 0 Å². The van der Waals surface area contributed by atoms with Crippen LogP contribution in [0.2, 0.25) is 0 Å². The van der Waals surface area contributed by atoms with Crippen LogP contribution < -0.4 is 4.74 Å². The summed E-state index contributed by atoms with van der Waals surface area (Å²) in [5.41, 5.74) is -3.27. The Bertz CT molecular complexity index is 947. The Kier molecular flexibility index (Phi) is 8.24.